The number of sulfonamides is 1. The molecule has 1 saturated heterocycles. The first kappa shape index (κ1) is 20.7. The van der Waals surface area contributed by atoms with E-state index in [1.54, 1.807) is 17.0 Å². The number of likely N-dealkylation sites (N-methyl/N-ethyl adjacent to an activating group) is 1. The van der Waals surface area contributed by atoms with E-state index in [9.17, 15) is 22.0 Å². The summed E-state index contributed by atoms with van der Waals surface area (Å²) in [6.07, 6.45) is 0.884. The molecule has 0 spiro atoms. The number of fused-ring (bicyclic) bond motifs is 1. The van der Waals surface area contributed by atoms with Crippen molar-refractivity contribution in [3.05, 3.63) is 59.7 Å². The molecule has 0 radical (unpaired) electrons. The molecule has 9 heteroatoms. The van der Waals surface area contributed by atoms with Gasteiger partial charge in [0.25, 0.3) is 10.0 Å². The van der Waals surface area contributed by atoms with Gasteiger partial charge in [-0.3, -0.25) is 9.10 Å². The smallest absolute Gasteiger partial charge is 0.265 e. The number of anilines is 1. The Bertz CT molecular complexity index is 1070. The fourth-order valence-electron chi connectivity index (χ4n) is 4.02. The number of amides is 1. The van der Waals surface area contributed by atoms with Crippen LogP contribution in [0.15, 0.2) is 47.4 Å². The van der Waals surface area contributed by atoms with Crippen molar-refractivity contribution >= 4 is 21.6 Å². The molecule has 1 fully saturated rings. The highest BCUT2D eigenvalue weighted by Crippen LogP contribution is 2.36. The minimum absolute atomic E-state index is 0.260. The summed E-state index contributed by atoms with van der Waals surface area (Å²) >= 11 is 0. The number of nitrogens with zero attached hydrogens (tertiary/aromatic N) is 3. The average molecular weight is 435 g/mol. The summed E-state index contributed by atoms with van der Waals surface area (Å²) in [4.78, 5) is 16.8. The molecule has 160 valence electrons. The molecule has 2 aromatic rings. The van der Waals surface area contributed by atoms with Gasteiger partial charge >= 0.3 is 0 Å². The minimum Gasteiger partial charge on any atom is -0.338 e. The number of carbonyl (C=O) groups is 1. The van der Waals surface area contributed by atoms with Crippen LogP contribution in [-0.2, 0) is 21.2 Å². The van der Waals surface area contributed by atoms with Crippen LogP contribution < -0.4 is 4.31 Å². The Morgan fingerprint density at radius 3 is 2.40 bits per heavy atom. The predicted octanol–water partition coefficient (Wildman–Crippen LogP) is 2.25. The monoisotopic (exact) mass is 435 g/mol. The van der Waals surface area contributed by atoms with Gasteiger partial charge in [-0.15, -0.1) is 0 Å². The van der Waals surface area contributed by atoms with Crippen molar-refractivity contribution in [2.75, 3.05) is 37.5 Å². The quantitative estimate of drug-likeness (QED) is 0.742. The summed E-state index contributed by atoms with van der Waals surface area (Å²) in [5.41, 5.74) is 1.20. The highest BCUT2D eigenvalue weighted by Gasteiger charge is 2.42. The Balaban J connectivity index is 1.77. The van der Waals surface area contributed by atoms with Gasteiger partial charge in [-0.25, -0.2) is 17.2 Å². The SMILES string of the molecule is CN1CCN(C(=O)[C@@H]2CCc3ccccc3N2S(=O)(=O)c2ccc(F)c(F)c2)CC1. The van der Waals surface area contributed by atoms with Crippen LogP contribution in [0, 0.1) is 11.6 Å². The van der Waals surface area contributed by atoms with E-state index in [0.717, 1.165) is 22.0 Å². The number of para-hydroxylation sites is 1. The Labute approximate surface area is 174 Å². The Hall–Kier alpha value is -2.52. The van der Waals surface area contributed by atoms with Crippen LogP contribution in [0.1, 0.15) is 12.0 Å². The van der Waals surface area contributed by atoms with E-state index in [-0.39, 0.29) is 10.8 Å². The van der Waals surface area contributed by atoms with Crippen molar-refractivity contribution in [2.24, 2.45) is 0 Å². The molecule has 0 bridgehead atoms. The molecular weight excluding hydrogens is 412 g/mol. The summed E-state index contributed by atoms with van der Waals surface area (Å²) in [5, 5.41) is 0. The van der Waals surface area contributed by atoms with E-state index in [1.807, 2.05) is 19.2 Å². The first-order chi connectivity index (χ1) is 14.3. The second kappa shape index (κ2) is 7.96. The third-order valence-electron chi connectivity index (χ3n) is 5.75. The normalized spacial score (nSPS) is 20.2. The first-order valence-electron chi connectivity index (χ1n) is 9.84. The molecule has 6 nitrogen and oxygen atoms in total. The number of piperazine rings is 1. The molecule has 0 aliphatic carbocycles. The maximum atomic E-state index is 13.8. The molecule has 1 atom stereocenters. The molecule has 30 heavy (non-hydrogen) atoms. The molecule has 0 saturated carbocycles. The Kier molecular flexibility index (Phi) is 5.50. The fraction of sp³-hybridized carbons (Fsp3) is 0.381. The number of rotatable bonds is 3. The van der Waals surface area contributed by atoms with Gasteiger partial charge in [-0.1, -0.05) is 18.2 Å². The molecule has 0 N–H and O–H groups in total. The summed E-state index contributed by atoms with van der Waals surface area (Å²) in [6, 6.07) is 8.53. The van der Waals surface area contributed by atoms with Gasteiger partial charge in [0, 0.05) is 26.2 Å². The van der Waals surface area contributed by atoms with E-state index in [4.69, 9.17) is 0 Å². The zero-order valence-electron chi connectivity index (χ0n) is 16.6. The van der Waals surface area contributed by atoms with Crippen LogP contribution in [0.2, 0.25) is 0 Å². The van der Waals surface area contributed by atoms with Gasteiger partial charge in [0.2, 0.25) is 5.91 Å². The number of hydrogen-bond acceptors (Lipinski definition) is 4. The van der Waals surface area contributed by atoms with Gasteiger partial charge in [-0.05, 0) is 49.7 Å². The van der Waals surface area contributed by atoms with Crippen LogP contribution in [0.25, 0.3) is 0 Å². The molecule has 2 heterocycles. The van der Waals surface area contributed by atoms with Crippen LogP contribution in [-0.4, -0.2) is 63.4 Å². The molecule has 2 aliphatic heterocycles. The third kappa shape index (κ3) is 3.67. The Morgan fingerprint density at radius 2 is 1.70 bits per heavy atom. The zero-order chi connectivity index (χ0) is 21.5. The molecule has 0 aromatic heterocycles. The van der Waals surface area contributed by atoms with E-state index < -0.39 is 27.7 Å². The lowest BCUT2D eigenvalue weighted by atomic mass is 9.97. The summed E-state index contributed by atoms with van der Waals surface area (Å²) in [7, 11) is -2.32. The van der Waals surface area contributed by atoms with Gasteiger partial charge in [-0.2, -0.15) is 0 Å². The molecule has 1 amide bonds. The standard InChI is InChI=1S/C21H23F2N3O3S/c1-24-10-12-25(13-11-24)21(27)20-9-6-15-4-2-3-5-19(15)26(20)30(28,29)16-7-8-17(22)18(23)14-16/h2-5,7-8,14,20H,6,9-13H2,1H3/t20-/m0/s1. The molecule has 0 unspecified atom stereocenters. The number of benzene rings is 2. The lowest BCUT2D eigenvalue weighted by Crippen LogP contribution is -2.56. The molecule has 4 rings (SSSR count). The van der Waals surface area contributed by atoms with E-state index in [1.165, 1.54) is 0 Å². The second-order valence-corrected chi connectivity index (χ2v) is 9.50. The third-order valence-corrected chi connectivity index (χ3v) is 7.57. The number of hydrogen-bond donors (Lipinski definition) is 0. The number of carbonyl (C=O) groups excluding carboxylic acids is 1. The first-order valence-corrected chi connectivity index (χ1v) is 11.3. The Morgan fingerprint density at radius 1 is 1.00 bits per heavy atom. The zero-order valence-corrected chi connectivity index (χ0v) is 17.4. The van der Waals surface area contributed by atoms with Crippen LogP contribution >= 0.6 is 0 Å². The molecule has 2 aliphatic rings. The highest BCUT2D eigenvalue weighted by molar-refractivity contribution is 7.93. The van der Waals surface area contributed by atoms with E-state index in [0.29, 0.717) is 50.8 Å². The lowest BCUT2D eigenvalue weighted by molar-refractivity contribution is -0.134. The summed E-state index contributed by atoms with van der Waals surface area (Å²) < 4.78 is 55.4. The average Bonchev–Trinajstić information content (AvgIpc) is 2.74. The summed E-state index contributed by atoms with van der Waals surface area (Å²) in [6.45, 7) is 2.47. The van der Waals surface area contributed by atoms with Crippen molar-refractivity contribution in [3.63, 3.8) is 0 Å². The van der Waals surface area contributed by atoms with Gasteiger partial charge in [0.1, 0.15) is 6.04 Å². The molecule has 2 aromatic carbocycles. The second-order valence-electron chi connectivity index (χ2n) is 7.69. The van der Waals surface area contributed by atoms with Crippen molar-refractivity contribution in [1.82, 2.24) is 9.80 Å². The minimum atomic E-state index is -4.29. The van der Waals surface area contributed by atoms with Crippen LogP contribution in [0.3, 0.4) is 0 Å². The molecular formula is C21H23F2N3O3S. The van der Waals surface area contributed by atoms with Gasteiger partial charge < -0.3 is 9.80 Å². The summed E-state index contributed by atoms with van der Waals surface area (Å²) in [5.74, 6) is -2.63. The van der Waals surface area contributed by atoms with Gasteiger partial charge in [0.15, 0.2) is 11.6 Å². The van der Waals surface area contributed by atoms with Crippen molar-refractivity contribution in [2.45, 2.75) is 23.8 Å². The van der Waals surface area contributed by atoms with E-state index in [2.05, 4.69) is 4.90 Å². The van der Waals surface area contributed by atoms with Crippen molar-refractivity contribution < 1.29 is 22.0 Å². The maximum absolute atomic E-state index is 13.8. The highest BCUT2D eigenvalue weighted by atomic mass is 32.2. The van der Waals surface area contributed by atoms with Crippen LogP contribution in [0.5, 0.6) is 0 Å². The van der Waals surface area contributed by atoms with Gasteiger partial charge in [0.05, 0.1) is 10.6 Å². The fourth-order valence-corrected chi connectivity index (χ4v) is 5.71. The lowest BCUT2D eigenvalue weighted by Gasteiger charge is -2.41. The predicted molar refractivity (Wildman–Crippen MR) is 109 cm³/mol. The van der Waals surface area contributed by atoms with Crippen molar-refractivity contribution in [3.8, 4) is 0 Å². The topological polar surface area (TPSA) is 60.9 Å². The van der Waals surface area contributed by atoms with E-state index >= 15 is 0 Å². The number of halogens is 2. The maximum Gasteiger partial charge on any atom is 0.265 e. The largest absolute Gasteiger partial charge is 0.338 e. The number of aryl methyl sites for hydroxylation is 1. The van der Waals surface area contributed by atoms with Crippen LogP contribution in [0.4, 0.5) is 14.5 Å². The van der Waals surface area contributed by atoms with Crippen molar-refractivity contribution in [1.29, 1.82) is 0 Å².